The highest BCUT2D eigenvalue weighted by Gasteiger charge is 2.39. The van der Waals surface area contributed by atoms with Crippen LogP contribution in [0.1, 0.15) is 27.2 Å². The highest BCUT2D eigenvalue weighted by molar-refractivity contribution is 6.44. The van der Waals surface area contributed by atoms with Crippen LogP contribution in [0.4, 0.5) is 5.69 Å². The number of amides is 2. The standard InChI is InChI=1S/C15H18Cl2N2O2/c1-15(2,3)19-8-9(7-12(19)20)14(21)18-11-6-4-5-10(16)13(11)17/h4-6,9H,7-8H2,1-3H3,(H,18,21)/t9-/m0/s1. The van der Waals surface area contributed by atoms with Crippen LogP contribution < -0.4 is 5.32 Å². The molecule has 0 spiro atoms. The summed E-state index contributed by atoms with van der Waals surface area (Å²) in [5, 5.41) is 3.44. The number of hydrogen-bond donors (Lipinski definition) is 1. The summed E-state index contributed by atoms with van der Waals surface area (Å²) in [5.74, 6) is -0.578. The lowest BCUT2D eigenvalue weighted by Crippen LogP contribution is -2.42. The highest BCUT2D eigenvalue weighted by Crippen LogP contribution is 2.31. The van der Waals surface area contributed by atoms with Crippen LogP contribution >= 0.6 is 23.2 Å². The molecule has 1 aromatic carbocycles. The third-order valence-corrected chi connectivity index (χ3v) is 4.33. The molecule has 2 amide bonds. The molecule has 0 unspecified atom stereocenters. The average Bonchev–Trinajstić information content (AvgIpc) is 2.77. The summed E-state index contributed by atoms with van der Waals surface area (Å²) in [4.78, 5) is 26.0. The number of halogens is 2. The molecule has 21 heavy (non-hydrogen) atoms. The van der Waals surface area contributed by atoms with E-state index in [0.29, 0.717) is 22.3 Å². The van der Waals surface area contributed by atoms with E-state index >= 15 is 0 Å². The van der Waals surface area contributed by atoms with Gasteiger partial charge < -0.3 is 10.2 Å². The summed E-state index contributed by atoms with van der Waals surface area (Å²) in [7, 11) is 0. The zero-order valence-electron chi connectivity index (χ0n) is 12.2. The third-order valence-electron chi connectivity index (χ3n) is 3.52. The predicted octanol–water partition coefficient (Wildman–Crippen LogP) is 3.58. The van der Waals surface area contributed by atoms with Crippen LogP contribution in [-0.2, 0) is 9.59 Å². The van der Waals surface area contributed by atoms with E-state index in [2.05, 4.69) is 5.32 Å². The maximum absolute atomic E-state index is 12.3. The minimum Gasteiger partial charge on any atom is -0.337 e. The van der Waals surface area contributed by atoms with E-state index in [1.165, 1.54) is 0 Å². The molecule has 0 bridgehead atoms. The van der Waals surface area contributed by atoms with E-state index < -0.39 is 0 Å². The van der Waals surface area contributed by atoms with Gasteiger partial charge in [0.2, 0.25) is 11.8 Å². The number of likely N-dealkylation sites (tertiary alicyclic amines) is 1. The Hall–Kier alpha value is -1.26. The Bertz CT molecular complexity index is 582. The Morgan fingerprint density at radius 3 is 2.57 bits per heavy atom. The minimum atomic E-state index is -0.369. The number of carbonyl (C=O) groups excluding carboxylic acids is 2. The zero-order chi connectivity index (χ0) is 15.8. The van der Waals surface area contributed by atoms with Crippen LogP contribution in [0.25, 0.3) is 0 Å². The van der Waals surface area contributed by atoms with Crippen LogP contribution in [0.3, 0.4) is 0 Å². The normalized spacial score (nSPS) is 19.0. The van der Waals surface area contributed by atoms with Gasteiger partial charge in [-0.05, 0) is 32.9 Å². The molecule has 0 radical (unpaired) electrons. The SMILES string of the molecule is CC(C)(C)N1C[C@@H](C(=O)Nc2cccc(Cl)c2Cl)CC1=O. The van der Waals surface area contributed by atoms with Crippen LogP contribution in [0.15, 0.2) is 18.2 Å². The van der Waals surface area contributed by atoms with E-state index in [0.717, 1.165) is 0 Å². The molecule has 6 heteroatoms. The van der Waals surface area contributed by atoms with Crippen molar-refractivity contribution in [3.63, 3.8) is 0 Å². The fraction of sp³-hybridized carbons (Fsp3) is 0.467. The number of hydrogen-bond acceptors (Lipinski definition) is 2. The second-order valence-corrected chi connectivity index (χ2v) is 6.95. The van der Waals surface area contributed by atoms with Gasteiger partial charge in [-0.1, -0.05) is 29.3 Å². The summed E-state index contributed by atoms with van der Waals surface area (Å²) in [6, 6.07) is 5.05. The Morgan fingerprint density at radius 1 is 1.33 bits per heavy atom. The van der Waals surface area contributed by atoms with Gasteiger partial charge in [0.15, 0.2) is 0 Å². The van der Waals surface area contributed by atoms with Crippen molar-refractivity contribution in [1.29, 1.82) is 0 Å². The summed E-state index contributed by atoms with van der Waals surface area (Å²) in [6.45, 7) is 6.30. The lowest BCUT2D eigenvalue weighted by Gasteiger charge is -2.31. The largest absolute Gasteiger partial charge is 0.337 e. The van der Waals surface area contributed by atoms with Gasteiger partial charge in [0.05, 0.1) is 21.7 Å². The van der Waals surface area contributed by atoms with Crippen LogP contribution in [0, 0.1) is 5.92 Å². The van der Waals surface area contributed by atoms with Crippen molar-refractivity contribution >= 4 is 40.7 Å². The van der Waals surface area contributed by atoms with Crippen molar-refractivity contribution in [2.45, 2.75) is 32.7 Å². The van der Waals surface area contributed by atoms with Crippen LogP contribution in [0.5, 0.6) is 0 Å². The van der Waals surface area contributed by atoms with E-state index in [9.17, 15) is 9.59 Å². The van der Waals surface area contributed by atoms with Gasteiger partial charge in [-0.3, -0.25) is 9.59 Å². The van der Waals surface area contributed by atoms with Crippen molar-refractivity contribution in [2.24, 2.45) is 5.92 Å². The fourth-order valence-electron chi connectivity index (χ4n) is 2.37. The van der Waals surface area contributed by atoms with Crippen LogP contribution in [-0.4, -0.2) is 28.8 Å². The molecule has 1 fully saturated rings. The van der Waals surface area contributed by atoms with Crippen molar-refractivity contribution in [3.8, 4) is 0 Å². The minimum absolute atomic E-state index is 0.000147. The zero-order valence-corrected chi connectivity index (χ0v) is 13.8. The number of anilines is 1. The molecule has 1 atom stereocenters. The molecule has 1 heterocycles. The Balaban J connectivity index is 2.09. The van der Waals surface area contributed by atoms with Gasteiger partial charge >= 0.3 is 0 Å². The third kappa shape index (κ3) is 3.50. The molecule has 1 aliphatic rings. The first-order chi connectivity index (χ1) is 9.70. The molecule has 114 valence electrons. The van der Waals surface area contributed by atoms with Crippen molar-refractivity contribution in [2.75, 3.05) is 11.9 Å². The van der Waals surface area contributed by atoms with Gasteiger partial charge in [-0.25, -0.2) is 0 Å². The molecule has 1 N–H and O–H groups in total. The molecule has 2 rings (SSSR count). The Labute approximate surface area is 134 Å². The van der Waals surface area contributed by atoms with Gasteiger partial charge in [0.25, 0.3) is 0 Å². The van der Waals surface area contributed by atoms with E-state index in [-0.39, 0.29) is 29.7 Å². The first kappa shape index (κ1) is 16.1. The summed E-state index contributed by atoms with van der Waals surface area (Å²) < 4.78 is 0. The maximum atomic E-state index is 12.3. The second-order valence-electron chi connectivity index (χ2n) is 6.17. The first-order valence-electron chi connectivity index (χ1n) is 6.75. The van der Waals surface area contributed by atoms with Gasteiger partial charge in [-0.15, -0.1) is 0 Å². The number of rotatable bonds is 2. The van der Waals surface area contributed by atoms with Gasteiger partial charge in [0, 0.05) is 18.5 Å². The lowest BCUT2D eigenvalue weighted by molar-refractivity contribution is -0.131. The fourth-order valence-corrected chi connectivity index (χ4v) is 2.71. The summed E-state index contributed by atoms with van der Waals surface area (Å²) in [5.41, 5.74) is 0.190. The van der Waals surface area contributed by atoms with E-state index in [1.54, 1.807) is 23.1 Å². The van der Waals surface area contributed by atoms with Crippen molar-refractivity contribution < 1.29 is 9.59 Å². The van der Waals surface area contributed by atoms with Gasteiger partial charge in [0.1, 0.15) is 0 Å². The molecule has 0 saturated carbocycles. The first-order valence-corrected chi connectivity index (χ1v) is 7.51. The molecule has 1 aliphatic heterocycles. The second kappa shape index (κ2) is 5.85. The summed E-state index contributed by atoms with van der Waals surface area (Å²) in [6.07, 6.45) is 0.224. The molecule has 0 aromatic heterocycles. The summed E-state index contributed by atoms with van der Waals surface area (Å²) >= 11 is 12.0. The maximum Gasteiger partial charge on any atom is 0.229 e. The molecule has 1 saturated heterocycles. The quantitative estimate of drug-likeness (QED) is 0.902. The molecule has 4 nitrogen and oxygen atoms in total. The molecular formula is C15H18Cl2N2O2. The predicted molar refractivity (Wildman–Crippen MR) is 84.7 cm³/mol. The highest BCUT2D eigenvalue weighted by atomic mass is 35.5. The van der Waals surface area contributed by atoms with Crippen molar-refractivity contribution in [3.05, 3.63) is 28.2 Å². The lowest BCUT2D eigenvalue weighted by atomic mass is 10.1. The number of benzene rings is 1. The number of nitrogens with one attached hydrogen (secondary N) is 1. The smallest absolute Gasteiger partial charge is 0.229 e. The molecular weight excluding hydrogens is 311 g/mol. The Morgan fingerprint density at radius 2 is 2.00 bits per heavy atom. The average molecular weight is 329 g/mol. The topological polar surface area (TPSA) is 49.4 Å². The molecule has 0 aliphatic carbocycles. The number of carbonyl (C=O) groups is 2. The van der Waals surface area contributed by atoms with Crippen LogP contribution in [0.2, 0.25) is 10.0 Å². The number of nitrogens with zero attached hydrogens (tertiary/aromatic N) is 1. The Kier molecular flexibility index (Phi) is 4.49. The monoisotopic (exact) mass is 328 g/mol. The van der Waals surface area contributed by atoms with Gasteiger partial charge in [-0.2, -0.15) is 0 Å². The van der Waals surface area contributed by atoms with Crippen molar-refractivity contribution in [1.82, 2.24) is 4.90 Å². The van der Waals surface area contributed by atoms with E-state index in [4.69, 9.17) is 23.2 Å². The molecule has 1 aromatic rings. The van der Waals surface area contributed by atoms with E-state index in [1.807, 2.05) is 20.8 Å².